The van der Waals surface area contributed by atoms with Gasteiger partial charge in [0.25, 0.3) is 5.91 Å². The Hall–Kier alpha value is -2.83. The summed E-state index contributed by atoms with van der Waals surface area (Å²) in [4.78, 5) is 19.4. The van der Waals surface area contributed by atoms with Crippen molar-refractivity contribution in [3.63, 3.8) is 0 Å². The molecule has 1 aliphatic rings. The Balaban J connectivity index is 1.56. The van der Waals surface area contributed by atoms with Crippen LogP contribution in [0.5, 0.6) is 0 Å². The van der Waals surface area contributed by atoms with Crippen molar-refractivity contribution in [3.05, 3.63) is 77.7 Å². The number of aromatic nitrogens is 1. The SMILES string of the molecule is O=C(NCC(c1cccc(F)c1)N1CCOCC1)c1cccc2ncccc12. The van der Waals surface area contributed by atoms with E-state index in [1.807, 2.05) is 30.3 Å². The Labute approximate surface area is 163 Å². The summed E-state index contributed by atoms with van der Waals surface area (Å²) in [5.74, 6) is -0.435. The summed E-state index contributed by atoms with van der Waals surface area (Å²) < 4.78 is 19.2. The lowest BCUT2D eigenvalue weighted by molar-refractivity contribution is 0.0162. The summed E-state index contributed by atoms with van der Waals surface area (Å²) in [6.07, 6.45) is 1.71. The lowest BCUT2D eigenvalue weighted by atomic mass is 10.0. The molecule has 144 valence electrons. The first-order valence-corrected chi connectivity index (χ1v) is 9.41. The van der Waals surface area contributed by atoms with Crippen LogP contribution in [0.3, 0.4) is 0 Å². The molecule has 0 saturated carbocycles. The predicted molar refractivity (Wildman–Crippen MR) is 106 cm³/mol. The van der Waals surface area contributed by atoms with Gasteiger partial charge in [-0.3, -0.25) is 14.7 Å². The third-order valence-electron chi connectivity index (χ3n) is 5.07. The Kier molecular flexibility index (Phi) is 5.60. The van der Waals surface area contributed by atoms with Crippen molar-refractivity contribution in [1.29, 1.82) is 0 Å². The molecule has 1 N–H and O–H groups in total. The fourth-order valence-electron chi connectivity index (χ4n) is 3.65. The van der Waals surface area contributed by atoms with Crippen LogP contribution in [0.25, 0.3) is 10.9 Å². The Morgan fingerprint density at radius 3 is 2.79 bits per heavy atom. The van der Waals surface area contributed by atoms with Crippen molar-refractivity contribution in [3.8, 4) is 0 Å². The minimum absolute atomic E-state index is 0.114. The van der Waals surface area contributed by atoms with E-state index in [1.165, 1.54) is 12.1 Å². The number of pyridine rings is 1. The Morgan fingerprint density at radius 1 is 1.14 bits per heavy atom. The van der Waals surface area contributed by atoms with E-state index in [-0.39, 0.29) is 17.8 Å². The maximum Gasteiger partial charge on any atom is 0.252 e. The van der Waals surface area contributed by atoms with Crippen molar-refractivity contribution in [2.24, 2.45) is 0 Å². The fourth-order valence-corrected chi connectivity index (χ4v) is 3.65. The van der Waals surface area contributed by atoms with Crippen LogP contribution in [-0.4, -0.2) is 48.6 Å². The van der Waals surface area contributed by atoms with Gasteiger partial charge in [0, 0.05) is 36.8 Å². The predicted octanol–water partition coefficient (Wildman–Crippen LogP) is 3.18. The molecular formula is C22H22FN3O2. The van der Waals surface area contributed by atoms with Gasteiger partial charge in [0.2, 0.25) is 0 Å². The highest BCUT2D eigenvalue weighted by Gasteiger charge is 2.24. The maximum absolute atomic E-state index is 13.8. The number of fused-ring (bicyclic) bond motifs is 1. The highest BCUT2D eigenvalue weighted by Crippen LogP contribution is 2.23. The zero-order valence-electron chi connectivity index (χ0n) is 15.5. The smallest absolute Gasteiger partial charge is 0.252 e. The van der Waals surface area contributed by atoms with E-state index in [1.54, 1.807) is 18.3 Å². The van der Waals surface area contributed by atoms with Crippen LogP contribution < -0.4 is 5.32 Å². The topological polar surface area (TPSA) is 54.5 Å². The van der Waals surface area contributed by atoms with Crippen LogP contribution >= 0.6 is 0 Å². The molecule has 0 bridgehead atoms. The highest BCUT2D eigenvalue weighted by atomic mass is 19.1. The fraction of sp³-hybridized carbons (Fsp3) is 0.273. The monoisotopic (exact) mass is 379 g/mol. The Morgan fingerprint density at radius 2 is 1.96 bits per heavy atom. The summed E-state index contributed by atoms with van der Waals surface area (Å²) in [7, 11) is 0. The summed E-state index contributed by atoms with van der Waals surface area (Å²) >= 11 is 0. The van der Waals surface area contributed by atoms with E-state index in [0.29, 0.717) is 25.3 Å². The third-order valence-corrected chi connectivity index (χ3v) is 5.07. The first-order valence-electron chi connectivity index (χ1n) is 9.41. The van der Waals surface area contributed by atoms with Crippen LogP contribution in [0.2, 0.25) is 0 Å². The summed E-state index contributed by atoms with van der Waals surface area (Å²) in [5, 5.41) is 3.85. The number of ether oxygens (including phenoxy) is 1. The third kappa shape index (κ3) is 4.03. The molecule has 28 heavy (non-hydrogen) atoms. The lowest BCUT2D eigenvalue weighted by Gasteiger charge is -2.35. The lowest BCUT2D eigenvalue weighted by Crippen LogP contribution is -2.43. The van der Waals surface area contributed by atoms with Crippen LogP contribution in [0.15, 0.2) is 60.8 Å². The quantitative estimate of drug-likeness (QED) is 0.740. The molecule has 1 saturated heterocycles. The number of benzene rings is 2. The van der Waals surface area contributed by atoms with Crippen molar-refractivity contribution >= 4 is 16.8 Å². The Bertz CT molecular complexity index is 967. The number of amides is 1. The summed E-state index contributed by atoms with van der Waals surface area (Å²) in [6, 6.07) is 15.7. The second-order valence-corrected chi connectivity index (χ2v) is 6.80. The molecule has 1 fully saturated rings. The molecule has 3 aromatic rings. The molecule has 1 atom stereocenters. The molecule has 2 aromatic carbocycles. The number of hydrogen-bond acceptors (Lipinski definition) is 4. The van der Waals surface area contributed by atoms with Gasteiger partial charge in [-0.2, -0.15) is 0 Å². The zero-order chi connectivity index (χ0) is 19.3. The average molecular weight is 379 g/mol. The van der Waals surface area contributed by atoms with Crippen molar-refractivity contribution in [2.75, 3.05) is 32.8 Å². The number of nitrogens with zero attached hydrogens (tertiary/aromatic N) is 2. The number of morpholine rings is 1. The van der Waals surface area contributed by atoms with E-state index in [4.69, 9.17) is 4.74 Å². The van der Waals surface area contributed by atoms with Gasteiger partial charge < -0.3 is 10.1 Å². The molecule has 0 radical (unpaired) electrons. The van der Waals surface area contributed by atoms with E-state index in [0.717, 1.165) is 29.6 Å². The molecule has 4 rings (SSSR count). The molecule has 2 heterocycles. The van der Waals surface area contributed by atoms with Crippen LogP contribution in [0.1, 0.15) is 22.0 Å². The normalized spacial score (nSPS) is 16.0. The van der Waals surface area contributed by atoms with Gasteiger partial charge in [0.15, 0.2) is 0 Å². The molecule has 5 nitrogen and oxygen atoms in total. The van der Waals surface area contributed by atoms with Gasteiger partial charge in [0.1, 0.15) is 5.82 Å². The summed E-state index contributed by atoms with van der Waals surface area (Å²) in [6.45, 7) is 3.15. The summed E-state index contributed by atoms with van der Waals surface area (Å²) in [5.41, 5.74) is 2.22. The maximum atomic E-state index is 13.8. The van der Waals surface area contributed by atoms with E-state index in [9.17, 15) is 9.18 Å². The number of carbonyl (C=O) groups excluding carboxylic acids is 1. The number of halogens is 1. The van der Waals surface area contributed by atoms with Crippen molar-refractivity contribution < 1.29 is 13.9 Å². The van der Waals surface area contributed by atoms with E-state index >= 15 is 0 Å². The average Bonchev–Trinajstić information content (AvgIpc) is 2.74. The number of hydrogen-bond donors (Lipinski definition) is 1. The largest absolute Gasteiger partial charge is 0.379 e. The first-order chi connectivity index (χ1) is 13.7. The molecule has 1 aromatic heterocycles. The van der Waals surface area contributed by atoms with Crippen LogP contribution in [0.4, 0.5) is 4.39 Å². The highest BCUT2D eigenvalue weighted by molar-refractivity contribution is 6.06. The molecular weight excluding hydrogens is 357 g/mol. The first kappa shape index (κ1) is 18.5. The molecule has 1 aliphatic heterocycles. The van der Waals surface area contributed by atoms with Crippen molar-refractivity contribution in [2.45, 2.75) is 6.04 Å². The number of rotatable bonds is 5. The molecule has 6 heteroatoms. The van der Waals surface area contributed by atoms with E-state index in [2.05, 4.69) is 15.2 Å². The molecule has 1 unspecified atom stereocenters. The molecule has 1 amide bonds. The second-order valence-electron chi connectivity index (χ2n) is 6.80. The van der Waals surface area contributed by atoms with E-state index < -0.39 is 0 Å². The van der Waals surface area contributed by atoms with Crippen LogP contribution in [-0.2, 0) is 4.74 Å². The van der Waals surface area contributed by atoms with Crippen molar-refractivity contribution in [1.82, 2.24) is 15.2 Å². The molecule has 0 aliphatic carbocycles. The van der Waals surface area contributed by atoms with Gasteiger partial charge in [-0.25, -0.2) is 4.39 Å². The van der Waals surface area contributed by atoms with Gasteiger partial charge >= 0.3 is 0 Å². The van der Waals surface area contributed by atoms with Crippen LogP contribution in [0, 0.1) is 5.82 Å². The zero-order valence-corrected chi connectivity index (χ0v) is 15.5. The van der Waals surface area contributed by atoms with Gasteiger partial charge in [-0.05, 0) is 35.9 Å². The van der Waals surface area contributed by atoms with Gasteiger partial charge in [-0.15, -0.1) is 0 Å². The minimum Gasteiger partial charge on any atom is -0.379 e. The molecule has 0 spiro atoms. The number of carbonyl (C=O) groups is 1. The minimum atomic E-state index is -0.276. The van der Waals surface area contributed by atoms with Gasteiger partial charge in [0.05, 0.1) is 24.8 Å². The second kappa shape index (κ2) is 8.46. The van der Waals surface area contributed by atoms with Gasteiger partial charge in [-0.1, -0.05) is 24.3 Å². The standard InChI is InChI=1S/C22H22FN3O2/c23-17-5-1-4-16(14-17)21(26-10-12-28-13-11-26)15-25-22(27)19-6-2-8-20-18(19)7-3-9-24-20/h1-9,14,21H,10-13,15H2,(H,25,27). The number of nitrogens with one attached hydrogen (secondary N) is 1.